The molecule has 5 heteroatoms. The van der Waals surface area contributed by atoms with Gasteiger partial charge in [-0.15, -0.1) is 0 Å². The number of halogens is 2. The molecule has 0 bridgehead atoms. The zero-order valence-electron chi connectivity index (χ0n) is 11.9. The molecule has 0 spiro atoms. The first kappa shape index (κ1) is 13.9. The highest BCUT2D eigenvalue weighted by atomic mass is 35.5. The number of hydrogen-bond acceptors (Lipinski definition) is 3. The average Bonchev–Trinajstić information content (AvgIpc) is 3.00. The van der Waals surface area contributed by atoms with E-state index in [1.807, 2.05) is 0 Å². The molecule has 114 valence electrons. The van der Waals surface area contributed by atoms with Crippen molar-refractivity contribution in [2.24, 2.45) is 5.92 Å². The van der Waals surface area contributed by atoms with Crippen molar-refractivity contribution in [2.45, 2.75) is 37.2 Å². The smallest absolute Gasteiger partial charge is 0.206 e. The zero-order chi connectivity index (χ0) is 15.5. The highest BCUT2D eigenvalue weighted by Crippen LogP contribution is 2.47. The summed E-state index contributed by atoms with van der Waals surface area (Å²) in [6.45, 7) is 0. The Labute approximate surface area is 132 Å². The highest BCUT2D eigenvalue weighted by molar-refractivity contribution is 6.24. The third-order valence-electron chi connectivity index (χ3n) is 4.80. The summed E-state index contributed by atoms with van der Waals surface area (Å²) in [5, 5.41) is 1.33. The molecule has 1 N–H and O–H groups in total. The Morgan fingerprint density at radius 3 is 2.23 bits per heavy atom. The summed E-state index contributed by atoms with van der Waals surface area (Å²) in [7, 11) is 0. The van der Waals surface area contributed by atoms with E-state index in [1.165, 1.54) is 6.08 Å². The zero-order valence-corrected chi connectivity index (χ0v) is 12.7. The van der Waals surface area contributed by atoms with Gasteiger partial charge in [-0.1, -0.05) is 29.3 Å². The topological polar surface area (TPSA) is 46.2 Å². The van der Waals surface area contributed by atoms with Crippen LogP contribution in [0.25, 0.3) is 0 Å². The fourth-order valence-corrected chi connectivity index (χ4v) is 4.11. The van der Waals surface area contributed by atoms with Crippen molar-refractivity contribution in [2.75, 3.05) is 0 Å². The summed E-state index contributed by atoms with van der Waals surface area (Å²) in [5.74, 6) is -0.323. The Bertz CT molecular complexity index is 687. The van der Waals surface area contributed by atoms with Crippen molar-refractivity contribution in [1.29, 1.82) is 0 Å². The van der Waals surface area contributed by atoms with E-state index in [0.717, 1.165) is 11.4 Å². The van der Waals surface area contributed by atoms with Gasteiger partial charge in [-0.3, -0.25) is 9.59 Å². The molecule has 4 rings (SSSR count). The number of Topliss-reactive ketones (excluding diaryl/α,β-unsaturated/α-hetero) is 2. The van der Waals surface area contributed by atoms with E-state index in [1.54, 1.807) is 12.2 Å². The van der Waals surface area contributed by atoms with Crippen molar-refractivity contribution >= 4 is 23.2 Å². The van der Waals surface area contributed by atoms with Crippen LogP contribution in [0.2, 0.25) is 0 Å². The number of rotatable bonds is 1. The van der Waals surface area contributed by atoms with Crippen LogP contribution in [0.4, 0.5) is 4.39 Å². The minimum absolute atomic E-state index is 0.00381. The predicted octanol–water partition coefficient (Wildman–Crippen LogP) is 3.23. The molecule has 1 atom stereocenters. The monoisotopic (exact) mass is 319 g/mol. The van der Waals surface area contributed by atoms with E-state index in [2.05, 4.69) is 5.32 Å². The van der Waals surface area contributed by atoms with Gasteiger partial charge in [-0.25, -0.2) is 4.39 Å². The average molecular weight is 320 g/mol. The van der Waals surface area contributed by atoms with Crippen molar-refractivity contribution in [3.63, 3.8) is 0 Å². The largest absolute Gasteiger partial charge is 0.362 e. The Morgan fingerprint density at radius 1 is 1.09 bits per heavy atom. The Balaban J connectivity index is 1.84. The Hall–Kier alpha value is -1.68. The summed E-state index contributed by atoms with van der Waals surface area (Å²) in [6.07, 6.45) is 6.92. The standard InChI is InChI=1S/C17H15ClFNO2/c18-17(19)7-1-2-9(8-17)14-15-10(3-5-12(15)21)20-11-4-6-13(22)16(11)14/h1-2,7,14,20H,3-6,8H2. The molecule has 22 heavy (non-hydrogen) atoms. The molecule has 0 radical (unpaired) electrons. The van der Waals surface area contributed by atoms with E-state index in [9.17, 15) is 14.0 Å². The fourth-order valence-electron chi connectivity index (χ4n) is 3.88. The molecule has 0 saturated heterocycles. The number of dihydropyridines is 1. The molecular formula is C17H15ClFNO2. The maximum atomic E-state index is 14.2. The number of nitrogens with one attached hydrogen (secondary N) is 1. The second-order valence-electron chi connectivity index (χ2n) is 6.23. The Kier molecular flexibility index (Phi) is 2.95. The summed E-state index contributed by atoms with van der Waals surface area (Å²) in [4.78, 5) is 24.6. The number of hydrogen-bond donors (Lipinski definition) is 1. The van der Waals surface area contributed by atoms with Crippen LogP contribution < -0.4 is 5.32 Å². The Morgan fingerprint density at radius 2 is 1.68 bits per heavy atom. The number of alkyl halides is 2. The first-order valence-corrected chi connectivity index (χ1v) is 7.90. The van der Waals surface area contributed by atoms with Crippen LogP contribution in [0.1, 0.15) is 32.1 Å². The molecule has 1 unspecified atom stereocenters. The van der Waals surface area contributed by atoms with Gasteiger partial charge in [-0.05, 0) is 18.9 Å². The minimum atomic E-state index is -1.94. The lowest BCUT2D eigenvalue weighted by molar-refractivity contribution is -0.115. The van der Waals surface area contributed by atoms with Gasteiger partial charge in [0.1, 0.15) is 0 Å². The van der Waals surface area contributed by atoms with Crippen molar-refractivity contribution in [1.82, 2.24) is 5.32 Å². The molecule has 0 aromatic carbocycles. The molecule has 3 nitrogen and oxygen atoms in total. The summed E-state index contributed by atoms with van der Waals surface area (Å²) >= 11 is 5.83. The van der Waals surface area contributed by atoms with Crippen LogP contribution >= 0.6 is 11.6 Å². The van der Waals surface area contributed by atoms with Crippen LogP contribution in [0.3, 0.4) is 0 Å². The predicted molar refractivity (Wildman–Crippen MR) is 80.7 cm³/mol. The molecule has 0 fully saturated rings. The van der Waals surface area contributed by atoms with Crippen molar-refractivity contribution < 1.29 is 14.0 Å². The molecule has 0 aromatic heterocycles. The van der Waals surface area contributed by atoms with Gasteiger partial charge in [-0.2, -0.15) is 0 Å². The van der Waals surface area contributed by atoms with Crippen LogP contribution in [-0.4, -0.2) is 16.7 Å². The lowest BCUT2D eigenvalue weighted by Crippen LogP contribution is -2.30. The van der Waals surface area contributed by atoms with E-state index in [4.69, 9.17) is 11.6 Å². The van der Waals surface area contributed by atoms with Gasteiger partial charge in [0.05, 0.1) is 0 Å². The van der Waals surface area contributed by atoms with Crippen LogP contribution in [0.15, 0.2) is 46.3 Å². The molecule has 0 aromatic rings. The third-order valence-corrected chi connectivity index (χ3v) is 5.05. The van der Waals surface area contributed by atoms with E-state index in [0.29, 0.717) is 42.4 Å². The maximum Gasteiger partial charge on any atom is 0.206 e. The van der Waals surface area contributed by atoms with Gasteiger partial charge < -0.3 is 5.32 Å². The van der Waals surface area contributed by atoms with Crippen LogP contribution in [-0.2, 0) is 9.59 Å². The van der Waals surface area contributed by atoms with E-state index < -0.39 is 11.0 Å². The number of carbonyl (C=O) groups excluding carboxylic acids is 2. The molecular weight excluding hydrogens is 305 g/mol. The normalized spacial score (nSPS) is 31.5. The molecule has 3 aliphatic carbocycles. The van der Waals surface area contributed by atoms with Gasteiger partial charge >= 0.3 is 0 Å². The summed E-state index contributed by atoms with van der Waals surface area (Å²) in [6, 6.07) is 0. The van der Waals surface area contributed by atoms with Crippen LogP contribution in [0.5, 0.6) is 0 Å². The SMILES string of the molecule is O=C1CCC2=C1C(C1=CC=CC(F)(Cl)C1)C1=C(CCC1=O)N2. The second kappa shape index (κ2) is 4.66. The minimum Gasteiger partial charge on any atom is -0.362 e. The number of allylic oxidation sites excluding steroid dienone is 8. The molecule has 0 saturated carbocycles. The van der Waals surface area contributed by atoms with E-state index >= 15 is 0 Å². The molecule has 1 heterocycles. The lowest BCUT2D eigenvalue weighted by atomic mass is 9.77. The summed E-state index contributed by atoms with van der Waals surface area (Å²) < 4.78 is 14.2. The lowest BCUT2D eigenvalue weighted by Gasteiger charge is -2.31. The van der Waals surface area contributed by atoms with Gasteiger partial charge in [0, 0.05) is 47.7 Å². The molecule has 0 amide bonds. The number of ketones is 2. The third kappa shape index (κ3) is 2.01. The highest BCUT2D eigenvalue weighted by Gasteiger charge is 2.44. The van der Waals surface area contributed by atoms with Gasteiger partial charge in [0.2, 0.25) is 5.13 Å². The van der Waals surface area contributed by atoms with E-state index in [-0.39, 0.29) is 18.0 Å². The molecule has 1 aliphatic heterocycles. The molecule has 4 aliphatic rings. The quantitative estimate of drug-likeness (QED) is 0.755. The number of carbonyl (C=O) groups is 2. The maximum absolute atomic E-state index is 14.2. The summed E-state index contributed by atoms with van der Waals surface area (Å²) in [5.41, 5.74) is 3.80. The van der Waals surface area contributed by atoms with Crippen molar-refractivity contribution in [3.05, 3.63) is 46.3 Å². The first-order chi connectivity index (χ1) is 10.5. The van der Waals surface area contributed by atoms with Crippen molar-refractivity contribution in [3.8, 4) is 0 Å². The second-order valence-corrected chi connectivity index (χ2v) is 6.86. The fraction of sp³-hybridized carbons (Fsp3) is 0.412. The van der Waals surface area contributed by atoms with Crippen LogP contribution in [0, 0.1) is 5.92 Å². The first-order valence-electron chi connectivity index (χ1n) is 7.52. The van der Waals surface area contributed by atoms with Gasteiger partial charge in [0.25, 0.3) is 0 Å². The van der Waals surface area contributed by atoms with Gasteiger partial charge in [0.15, 0.2) is 11.6 Å².